The highest BCUT2D eigenvalue weighted by atomic mass is 19.1. The molecule has 8 heteroatoms. The van der Waals surface area contributed by atoms with Crippen molar-refractivity contribution in [2.24, 2.45) is 0 Å². The Morgan fingerprint density at radius 2 is 1.62 bits per heavy atom. The van der Waals surface area contributed by atoms with Crippen molar-refractivity contribution in [3.8, 4) is 5.75 Å². The van der Waals surface area contributed by atoms with E-state index in [1.54, 1.807) is 0 Å². The first-order valence-electron chi connectivity index (χ1n) is 6.84. The van der Waals surface area contributed by atoms with Crippen LogP contribution in [0.15, 0.2) is 42.5 Å². The smallest absolute Gasteiger partial charge is 0.279 e. The Bertz CT molecular complexity index is 748. The quantitative estimate of drug-likeness (QED) is 0.841. The molecule has 0 aromatic heterocycles. The number of para-hydroxylation sites is 1. The third kappa shape index (κ3) is 4.48. The van der Waals surface area contributed by atoms with Crippen LogP contribution in [0.4, 0.5) is 13.2 Å². The van der Waals surface area contributed by atoms with Crippen molar-refractivity contribution in [2.45, 2.75) is 13.0 Å². The predicted octanol–water partition coefficient (Wildman–Crippen LogP) is 2.33. The number of carbonyl (C=O) groups is 2. The lowest BCUT2D eigenvalue weighted by Crippen LogP contribution is -2.47. The number of halogens is 3. The fraction of sp³-hybridized carbons (Fsp3) is 0.125. The second-order valence-electron chi connectivity index (χ2n) is 4.79. The van der Waals surface area contributed by atoms with Crippen LogP contribution in [0, 0.1) is 17.5 Å². The maximum atomic E-state index is 13.4. The molecule has 0 bridgehead atoms. The summed E-state index contributed by atoms with van der Waals surface area (Å²) in [5, 5.41) is 0. The van der Waals surface area contributed by atoms with Crippen LogP contribution < -0.4 is 15.6 Å². The minimum atomic E-state index is -1.12. The van der Waals surface area contributed by atoms with Crippen molar-refractivity contribution in [2.75, 3.05) is 0 Å². The van der Waals surface area contributed by atoms with E-state index in [4.69, 9.17) is 4.74 Å². The van der Waals surface area contributed by atoms with E-state index in [2.05, 4.69) is 0 Å². The van der Waals surface area contributed by atoms with Gasteiger partial charge in [0.25, 0.3) is 11.8 Å². The van der Waals surface area contributed by atoms with E-state index in [9.17, 15) is 22.8 Å². The summed E-state index contributed by atoms with van der Waals surface area (Å²) in [6.45, 7) is 1.34. The SMILES string of the molecule is C[C@H](Oc1ccccc1F)C(=O)NNC(=O)c1cc(F)cc(F)c1. The van der Waals surface area contributed by atoms with E-state index in [0.29, 0.717) is 6.07 Å². The summed E-state index contributed by atoms with van der Waals surface area (Å²) in [6.07, 6.45) is -1.12. The van der Waals surface area contributed by atoms with Crippen LogP contribution in [-0.2, 0) is 4.79 Å². The summed E-state index contributed by atoms with van der Waals surface area (Å²) in [4.78, 5) is 23.5. The highest BCUT2D eigenvalue weighted by molar-refractivity contribution is 5.95. The molecule has 0 unspecified atom stereocenters. The first kappa shape index (κ1) is 17.3. The molecule has 0 aliphatic heterocycles. The number of carbonyl (C=O) groups excluding carboxylic acids is 2. The van der Waals surface area contributed by atoms with Gasteiger partial charge in [0.05, 0.1) is 0 Å². The molecule has 0 saturated heterocycles. The van der Waals surface area contributed by atoms with Gasteiger partial charge in [0.2, 0.25) is 0 Å². The molecule has 2 aromatic rings. The van der Waals surface area contributed by atoms with Gasteiger partial charge in [-0.1, -0.05) is 12.1 Å². The van der Waals surface area contributed by atoms with Crippen LogP contribution in [0.2, 0.25) is 0 Å². The summed E-state index contributed by atoms with van der Waals surface area (Å²) in [5.74, 6) is -4.32. The zero-order valence-electron chi connectivity index (χ0n) is 12.5. The molecule has 0 heterocycles. The molecule has 1 atom stereocenters. The summed E-state index contributed by atoms with van der Waals surface area (Å²) < 4.78 is 44.6. The van der Waals surface area contributed by atoms with Crippen molar-refractivity contribution < 1.29 is 27.5 Å². The van der Waals surface area contributed by atoms with Crippen LogP contribution in [-0.4, -0.2) is 17.9 Å². The second kappa shape index (κ2) is 7.49. The van der Waals surface area contributed by atoms with E-state index in [-0.39, 0.29) is 11.3 Å². The Morgan fingerprint density at radius 3 is 2.25 bits per heavy atom. The van der Waals surface area contributed by atoms with Crippen molar-refractivity contribution in [1.82, 2.24) is 10.9 Å². The number of amides is 2. The molecule has 126 valence electrons. The van der Waals surface area contributed by atoms with E-state index in [1.165, 1.54) is 31.2 Å². The molecule has 0 aliphatic rings. The van der Waals surface area contributed by atoms with Gasteiger partial charge in [-0.05, 0) is 31.2 Å². The number of hydrogen-bond acceptors (Lipinski definition) is 3. The number of rotatable bonds is 4. The maximum absolute atomic E-state index is 13.4. The van der Waals surface area contributed by atoms with Gasteiger partial charge in [-0.3, -0.25) is 20.4 Å². The zero-order valence-corrected chi connectivity index (χ0v) is 12.5. The number of hydrazine groups is 1. The highest BCUT2D eigenvalue weighted by Crippen LogP contribution is 2.16. The fourth-order valence-electron chi connectivity index (χ4n) is 1.76. The Balaban J connectivity index is 1.92. The molecular weight excluding hydrogens is 325 g/mol. The minimum absolute atomic E-state index is 0.126. The zero-order chi connectivity index (χ0) is 17.7. The molecule has 2 aromatic carbocycles. The van der Waals surface area contributed by atoms with Gasteiger partial charge >= 0.3 is 0 Å². The van der Waals surface area contributed by atoms with Crippen LogP contribution in [0.5, 0.6) is 5.75 Å². The topological polar surface area (TPSA) is 67.4 Å². The van der Waals surface area contributed by atoms with Crippen LogP contribution in [0.3, 0.4) is 0 Å². The van der Waals surface area contributed by atoms with Gasteiger partial charge in [0.1, 0.15) is 11.6 Å². The molecule has 5 nitrogen and oxygen atoms in total. The summed E-state index contributed by atoms with van der Waals surface area (Å²) in [7, 11) is 0. The average Bonchev–Trinajstić information content (AvgIpc) is 2.53. The Labute approximate surface area is 135 Å². The highest BCUT2D eigenvalue weighted by Gasteiger charge is 2.17. The molecule has 2 N–H and O–H groups in total. The van der Waals surface area contributed by atoms with Gasteiger partial charge < -0.3 is 4.74 Å². The normalized spacial score (nSPS) is 11.5. The molecule has 2 rings (SSSR count). The summed E-state index contributed by atoms with van der Waals surface area (Å²) >= 11 is 0. The predicted molar refractivity (Wildman–Crippen MR) is 78.5 cm³/mol. The van der Waals surface area contributed by atoms with E-state index in [1.807, 2.05) is 10.9 Å². The lowest BCUT2D eigenvalue weighted by Gasteiger charge is -2.15. The molecule has 0 fully saturated rings. The number of hydrogen-bond donors (Lipinski definition) is 2. The van der Waals surface area contributed by atoms with Crippen LogP contribution in [0.1, 0.15) is 17.3 Å². The standard InChI is InChI=1S/C16H13F3N2O3/c1-9(24-14-5-3-2-4-13(14)19)15(22)20-21-16(23)10-6-11(17)8-12(18)7-10/h2-9H,1H3,(H,20,22)(H,21,23)/t9-/m0/s1. The lowest BCUT2D eigenvalue weighted by molar-refractivity contribution is -0.128. The molecule has 24 heavy (non-hydrogen) atoms. The molecule has 0 aliphatic carbocycles. The minimum Gasteiger partial charge on any atom is -0.478 e. The van der Waals surface area contributed by atoms with Gasteiger partial charge in [-0.15, -0.1) is 0 Å². The Hall–Kier alpha value is -3.03. The first-order chi connectivity index (χ1) is 11.4. The van der Waals surface area contributed by atoms with E-state index in [0.717, 1.165) is 12.1 Å². The lowest BCUT2D eigenvalue weighted by atomic mass is 10.2. The van der Waals surface area contributed by atoms with Gasteiger partial charge in [0.15, 0.2) is 17.7 Å². The van der Waals surface area contributed by atoms with Crippen LogP contribution >= 0.6 is 0 Å². The van der Waals surface area contributed by atoms with Gasteiger partial charge in [0, 0.05) is 11.6 Å². The largest absolute Gasteiger partial charge is 0.478 e. The van der Waals surface area contributed by atoms with Crippen molar-refractivity contribution >= 4 is 11.8 Å². The maximum Gasteiger partial charge on any atom is 0.279 e. The third-order valence-corrected chi connectivity index (χ3v) is 2.93. The summed E-state index contributed by atoms with van der Waals surface area (Å²) in [6, 6.07) is 7.73. The van der Waals surface area contributed by atoms with Gasteiger partial charge in [-0.25, -0.2) is 13.2 Å². The molecule has 0 radical (unpaired) electrons. The first-order valence-corrected chi connectivity index (χ1v) is 6.84. The van der Waals surface area contributed by atoms with Crippen molar-refractivity contribution in [1.29, 1.82) is 0 Å². The van der Waals surface area contributed by atoms with E-state index >= 15 is 0 Å². The summed E-state index contributed by atoms with van der Waals surface area (Å²) in [5.41, 5.74) is 3.71. The monoisotopic (exact) mass is 338 g/mol. The van der Waals surface area contributed by atoms with Gasteiger partial charge in [-0.2, -0.15) is 0 Å². The average molecular weight is 338 g/mol. The van der Waals surface area contributed by atoms with Crippen LogP contribution in [0.25, 0.3) is 0 Å². The van der Waals surface area contributed by atoms with Crippen molar-refractivity contribution in [3.05, 3.63) is 65.5 Å². The Morgan fingerprint density at radius 1 is 1.00 bits per heavy atom. The van der Waals surface area contributed by atoms with Crippen molar-refractivity contribution in [3.63, 3.8) is 0 Å². The Kier molecular flexibility index (Phi) is 5.41. The second-order valence-corrected chi connectivity index (χ2v) is 4.79. The molecular formula is C16H13F3N2O3. The number of nitrogens with one attached hydrogen (secondary N) is 2. The molecule has 2 amide bonds. The third-order valence-electron chi connectivity index (χ3n) is 2.93. The number of ether oxygens (including phenoxy) is 1. The van der Waals surface area contributed by atoms with E-state index < -0.39 is 35.4 Å². The number of benzene rings is 2. The molecule has 0 spiro atoms. The molecule has 0 saturated carbocycles. The fourth-order valence-corrected chi connectivity index (χ4v) is 1.76.